The van der Waals surface area contributed by atoms with Crippen molar-refractivity contribution in [1.82, 2.24) is 10.2 Å². The highest BCUT2D eigenvalue weighted by Gasteiger charge is 2.67. The number of nitrogens with one attached hydrogen (secondary N) is 1. The van der Waals surface area contributed by atoms with E-state index in [9.17, 15) is 25.2 Å². The van der Waals surface area contributed by atoms with Gasteiger partial charge in [0.05, 0.1) is 42.5 Å². The first kappa shape index (κ1) is 45.7. The molecule has 0 aromatic rings. The zero-order chi connectivity index (χ0) is 40.6. The molecule has 4 fully saturated rings. The number of nitrogens with zero attached hydrogens (tertiary/aromatic N) is 1. The molecule has 0 bridgehead atoms. The van der Waals surface area contributed by atoms with E-state index in [2.05, 4.69) is 17.1 Å². The van der Waals surface area contributed by atoms with Crippen molar-refractivity contribution < 1.29 is 58.4 Å². The van der Waals surface area contributed by atoms with Crippen LogP contribution in [0.2, 0.25) is 0 Å². The maximum absolute atomic E-state index is 14.3. The van der Waals surface area contributed by atoms with Gasteiger partial charge in [0.2, 0.25) is 0 Å². The van der Waals surface area contributed by atoms with Crippen LogP contribution in [0.4, 0.5) is 0 Å². The highest BCUT2D eigenvalue weighted by Crippen LogP contribution is 2.51. The van der Waals surface area contributed by atoms with Crippen molar-refractivity contribution in [3.63, 3.8) is 0 Å². The maximum atomic E-state index is 14.3. The lowest BCUT2D eigenvalue weighted by Crippen LogP contribution is -2.61. The summed E-state index contributed by atoms with van der Waals surface area (Å²) in [5.41, 5.74) is -4.69. The van der Waals surface area contributed by atoms with Crippen LogP contribution in [-0.2, 0) is 38.0 Å². The molecule has 0 unspecified atom stereocenters. The van der Waals surface area contributed by atoms with Crippen molar-refractivity contribution in [3.05, 3.63) is 0 Å². The zero-order valence-electron chi connectivity index (χ0n) is 35.2. The summed E-state index contributed by atoms with van der Waals surface area (Å²) in [7, 11) is 3.41. The Morgan fingerprint density at radius 3 is 2.19 bits per heavy atom. The van der Waals surface area contributed by atoms with Crippen LogP contribution in [0.5, 0.6) is 0 Å². The predicted octanol–water partition coefficient (Wildman–Crippen LogP) is 2.75. The number of rotatable bonds is 9. The molecule has 14 nitrogen and oxygen atoms in total. The number of carbonyl (C=O) groups excluding carboxylic acids is 1. The minimum atomic E-state index is -1.78. The monoisotopic (exact) mass is 775 g/mol. The Labute approximate surface area is 323 Å². The number of cyclic esters (lactones) is 1. The maximum Gasteiger partial charge on any atom is 0.311 e. The van der Waals surface area contributed by atoms with Gasteiger partial charge in [-0.15, -0.1) is 0 Å². The van der Waals surface area contributed by atoms with Gasteiger partial charge in [-0.05, 0) is 93.7 Å². The van der Waals surface area contributed by atoms with Gasteiger partial charge < -0.3 is 58.9 Å². The highest BCUT2D eigenvalue weighted by molar-refractivity contribution is 5.73. The van der Waals surface area contributed by atoms with Gasteiger partial charge >= 0.3 is 5.97 Å². The fourth-order valence-electron chi connectivity index (χ4n) is 9.65. The SMILES string of the molecule is CCCN1C[C@H](C)C[C@@](C)(O)[C@H](O[C@@H]2O[C@H](C)C[C@H](NC)[C@H]2O)[C@@H](C)[C@H](O[C@H]2C[C@@](C)(OC)[C@]3(CO3)[C@H](C)O2)[C@@H](C)C(=O)O[C@H](CC)[C@@](C)(O)[C@H](O)[C@H]1C. The molecule has 316 valence electrons. The Morgan fingerprint density at radius 1 is 0.981 bits per heavy atom. The average Bonchev–Trinajstić information content (AvgIpc) is 3.92. The average molecular weight is 775 g/mol. The number of likely N-dealkylation sites (N-methyl/N-ethyl adjacent to an activating group) is 1. The van der Waals surface area contributed by atoms with Crippen LogP contribution in [0.25, 0.3) is 0 Å². The van der Waals surface area contributed by atoms with Crippen molar-refractivity contribution in [2.24, 2.45) is 17.8 Å². The van der Waals surface area contributed by atoms with Crippen molar-refractivity contribution in [2.45, 2.75) is 198 Å². The van der Waals surface area contributed by atoms with E-state index in [1.54, 1.807) is 34.9 Å². The van der Waals surface area contributed by atoms with Crippen molar-refractivity contribution in [3.8, 4) is 0 Å². The largest absolute Gasteiger partial charge is 0.459 e. The second kappa shape index (κ2) is 17.9. The number of hydrogen-bond donors (Lipinski definition) is 5. The molecule has 4 aliphatic rings. The molecule has 14 heteroatoms. The Kier molecular flexibility index (Phi) is 15.1. The van der Waals surface area contributed by atoms with E-state index in [0.717, 1.165) is 6.42 Å². The van der Waals surface area contributed by atoms with Crippen LogP contribution < -0.4 is 5.32 Å². The van der Waals surface area contributed by atoms with Gasteiger partial charge in [-0.25, -0.2) is 0 Å². The molecule has 0 amide bonds. The van der Waals surface area contributed by atoms with Gasteiger partial charge in [-0.1, -0.05) is 27.7 Å². The minimum absolute atomic E-state index is 0.118. The van der Waals surface area contributed by atoms with Gasteiger partial charge in [-0.2, -0.15) is 0 Å². The summed E-state index contributed by atoms with van der Waals surface area (Å²) in [5, 5.41) is 50.9. The molecule has 0 aromatic heterocycles. The lowest BCUT2D eigenvalue weighted by atomic mass is 9.77. The smallest absolute Gasteiger partial charge is 0.311 e. The van der Waals surface area contributed by atoms with Crippen LogP contribution in [0.3, 0.4) is 0 Å². The summed E-state index contributed by atoms with van der Waals surface area (Å²) in [6.45, 7) is 22.0. The second-order valence-electron chi connectivity index (χ2n) is 17.7. The standard InChI is InChI=1S/C40H74N2O12/c1-14-16-42-20-22(3)18-37(9,46)34(54-36-31(43)28(41-12)17-23(4)50-36)24(5)32(53-30-19-38(10,48-13)40(21-49-40)27(8)51-30)25(6)35(45)52-29(15-2)39(11,47)33(44)26(42)7/h22-34,36,41,43-44,46-47H,14-21H2,1-13H3/t22-,23-,24+,25-,26-,27+,28+,29-,30+,31-,32+,33-,34-,36+,37-,38-,39-,40+/m1/s1. The molecule has 4 saturated heterocycles. The van der Waals surface area contributed by atoms with Crippen LogP contribution in [0.1, 0.15) is 108 Å². The number of hydrogen-bond acceptors (Lipinski definition) is 14. The molecule has 54 heavy (non-hydrogen) atoms. The molecule has 0 radical (unpaired) electrons. The van der Waals surface area contributed by atoms with E-state index in [0.29, 0.717) is 32.5 Å². The Bertz CT molecular complexity index is 1220. The Morgan fingerprint density at radius 2 is 1.63 bits per heavy atom. The van der Waals surface area contributed by atoms with Crippen LogP contribution in [0.15, 0.2) is 0 Å². The third kappa shape index (κ3) is 9.31. The quantitative estimate of drug-likeness (QED) is 0.171. The third-order valence-electron chi connectivity index (χ3n) is 13.2. The topological polar surface area (TPSA) is 181 Å². The summed E-state index contributed by atoms with van der Waals surface area (Å²) in [4.78, 5) is 16.5. The number of methoxy groups -OCH3 is 1. The summed E-state index contributed by atoms with van der Waals surface area (Å²) in [6.07, 6.45) is -5.72. The fraction of sp³-hybridized carbons (Fsp3) is 0.975. The molecular formula is C40H74N2O12. The van der Waals surface area contributed by atoms with Gasteiger partial charge in [0, 0.05) is 38.1 Å². The van der Waals surface area contributed by atoms with E-state index in [-0.39, 0.29) is 30.9 Å². The first-order chi connectivity index (χ1) is 25.1. The molecule has 0 aliphatic carbocycles. The van der Waals surface area contributed by atoms with Gasteiger partial charge in [0.1, 0.15) is 35.1 Å². The third-order valence-corrected chi connectivity index (χ3v) is 13.2. The van der Waals surface area contributed by atoms with E-state index in [1.165, 1.54) is 6.92 Å². The van der Waals surface area contributed by atoms with Crippen molar-refractivity contribution in [2.75, 3.05) is 33.9 Å². The Hall–Kier alpha value is -1.01. The van der Waals surface area contributed by atoms with Crippen LogP contribution in [-0.4, -0.2) is 155 Å². The molecule has 4 rings (SSSR count). The summed E-state index contributed by atoms with van der Waals surface area (Å²) in [6, 6.07) is -0.814. The first-order valence-electron chi connectivity index (χ1n) is 20.4. The second-order valence-corrected chi connectivity index (χ2v) is 17.7. The number of aliphatic hydroxyl groups is 4. The van der Waals surface area contributed by atoms with Gasteiger partial charge in [-0.3, -0.25) is 9.69 Å². The molecule has 1 spiro atoms. The molecular weight excluding hydrogens is 700 g/mol. The summed E-state index contributed by atoms with van der Waals surface area (Å²) >= 11 is 0. The lowest BCUT2D eigenvalue weighted by molar-refractivity contribution is -0.312. The molecule has 5 N–H and O–H groups in total. The summed E-state index contributed by atoms with van der Waals surface area (Å²) < 4.78 is 44.3. The summed E-state index contributed by atoms with van der Waals surface area (Å²) in [5.74, 6) is -2.45. The number of aliphatic hydroxyl groups excluding tert-OH is 2. The van der Waals surface area contributed by atoms with Gasteiger partial charge in [0.25, 0.3) is 0 Å². The number of epoxide rings is 1. The normalized spacial score (nSPS) is 50.3. The lowest BCUT2D eigenvalue weighted by Gasteiger charge is -2.49. The van der Waals surface area contributed by atoms with Gasteiger partial charge in [0.15, 0.2) is 12.6 Å². The fourth-order valence-corrected chi connectivity index (χ4v) is 9.65. The van der Waals surface area contributed by atoms with Crippen molar-refractivity contribution in [1.29, 1.82) is 0 Å². The van der Waals surface area contributed by atoms with Crippen LogP contribution in [0, 0.1) is 17.8 Å². The Balaban J connectivity index is 1.82. The number of esters is 1. The molecule has 0 aromatic carbocycles. The predicted molar refractivity (Wildman–Crippen MR) is 201 cm³/mol. The molecule has 0 saturated carbocycles. The number of ether oxygens (including phenoxy) is 7. The highest BCUT2D eigenvalue weighted by atomic mass is 16.7. The molecule has 18 atom stereocenters. The van der Waals surface area contributed by atoms with E-state index in [1.807, 2.05) is 41.5 Å². The van der Waals surface area contributed by atoms with E-state index in [4.69, 9.17) is 33.2 Å². The molecule has 4 aliphatic heterocycles. The van der Waals surface area contributed by atoms with Crippen LogP contribution >= 0.6 is 0 Å². The zero-order valence-corrected chi connectivity index (χ0v) is 35.2. The van der Waals surface area contributed by atoms with Crippen molar-refractivity contribution >= 4 is 5.97 Å². The first-order valence-corrected chi connectivity index (χ1v) is 20.4. The van der Waals surface area contributed by atoms with E-state index < -0.39 is 95.5 Å². The minimum Gasteiger partial charge on any atom is -0.459 e. The number of carbonyl (C=O) groups is 1. The molecule has 4 heterocycles. The van der Waals surface area contributed by atoms with E-state index >= 15 is 0 Å².